The second-order valence-corrected chi connectivity index (χ2v) is 4.56. The summed E-state index contributed by atoms with van der Waals surface area (Å²) in [7, 11) is 1.47. The Morgan fingerprint density at radius 2 is 1.96 bits per heavy atom. The summed E-state index contributed by atoms with van der Waals surface area (Å²) in [5.41, 5.74) is 5.93. The second kappa shape index (κ2) is 7.26. The Kier molecular flexibility index (Phi) is 5.14. The Morgan fingerprint density at radius 1 is 1.22 bits per heavy atom. The van der Waals surface area contributed by atoms with Gasteiger partial charge in [0.2, 0.25) is 0 Å². The van der Waals surface area contributed by atoms with E-state index in [0.29, 0.717) is 11.4 Å². The number of amides is 1. The average Bonchev–Trinajstić information content (AvgIpc) is 2.53. The van der Waals surface area contributed by atoms with Crippen molar-refractivity contribution in [3.8, 4) is 5.75 Å². The summed E-state index contributed by atoms with van der Waals surface area (Å²) in [6.07, 6.45) is 0. The van der Waals surface area contributed by atoms with Crippen LogP contribution >= 0.6 is 0 Å². The molecule has 23 heavy (non-hydrogen) atoms. The fraction of sp³-hybridized carbons (Fsp3) is 0.125. The van der Waals surface area contributed by atoms with Crippen LogP contribution in [0, 0.1) is 5.82 Å². The van der Waals surface area contributed by atoms with E-state index in [1.54, 1.807) is 24.3 Å². The molecule has 0 saturated carbocycles. The van der Waals surface area contributed by atoms with Gasteiger partial charge in [-0.25, -0.2) is 9.18 Å². The number of rotatable bonds is 5. The molecular formula is C16H15FN2O4. The monoisotopic (exact) mass is 318 g/mol. The van der Waals surface area contributed by atoms with E-state index in [0.717, 1.165) is 12.1 Å². The van der Waals surface area contributed by atoms with Crippen LogP contribution in [-0.2, 0) is 9.53 Å². The molecule has 0 fully saturated rings. The van der Waals surface area contributed by atoms with Crippen molar-refractivity contribution in [2.75, 3.05) is 24.8 Å². The van der Waals surface area contributed by atoms with Gasteiger partial charge in [-0.2, -0.15) is 0 Å². The molecule has 0 saturated heterocycles. The molecule has 1 amide bonds. The van der Waals surface area contributed by atoms with Crippen molar-refractivity contribution in [2.24, 2.45) is 0 Å². The fourth-order valence-electron chi connectivity index (χ4n) is 1.86. The van der Waals surface area contributed by atoms with Gasteiger partial charge in [-0.3, -0.25) is 4.79 Å². The number of ether oxygens (including phenoxy) is 2. The molecule has 2 rings (SSSR count). The summed E-state index contributed by atoms with van der Waals surface area (Å²) in [5, 5.41) is 2.56. The van der Waals surface area contributed by atoms with Gasteiger partial charge in [-0.15, -0.1) is 0 Å². The van der Waals surface area contributed by atoms with E-state index in [2.05, 4.69) is 5.32 Å². The van der Waals surface area contributed by atoms with Crippen LogP contribution in [0.2, 0.25) is 0 Å². The number of esters is 1. The zero-order valence-corrected chi connectivity index (χ0v) is 12.3. The van der Waals surface area contributed by atoms with E-state index >= 15 is 0 Å². The van der Waals surface area contributed by atoms with E-state index < -0.39 is 24.3 Å². The van der Waals surface area contributed by atoms with Gasteiger partial charge in [0.15, 0.2) is 6.61 Å². The first-order valence-electron chi connectivity index (χ1n) is 6.66. The first-order chi connectivity index (χ1) is 11.0. The molecule has 3 N–H and O–H groups in total. The predicted octanol–water partition coefficient (Wildman–Crippen LogP) is 2.21. The molecule has 0 radical (unpaired) electrons. The highest BCUT2D eigenvalue weighted by Gasteiger charge is 2.14. The molecule has 0 heterocycles. The number of nitrogen functional groups attached to an aromatic ring is 1. The third-order valence-electron chi connectivity index (χ3n) is 2.95. The van der Waals surface area contributed by atoms with Gasteiger partial charge in [0.1, 0.15) is 11.6 Å². The number of nitrogens with one attached hydrogen (secondary N) is 1. The van der Waals surface area contributed by atoms with Gasteiger partial charge in [-0.1, -0.05) is 12.1 Å². The zero-order valence-electron chi connectivity index (χ0n) is 12.3. The Morgan fingerprint density at radius 3 is 2.65 bits per heavy atom. The lowest BCUT2D eigenvalue weighted by Crippen LogP contribution is -2.21. The quantitative estimate of drug-likeness (QED) is 0.651. The maximum atomic E-state index is 12.9. The summed E-state index contributed by atoms with van der Waals surface area (Å²) in [6, 6.07) is 10.1. The molecule has 0 spiro atoms. The summed E-state index contributed by atoms with van der Waals surface area (Å²) in [5.74, 6) is -1.43. The zero-order chi connectivity index (χ0) is 16.8. The highest BCUT2D eigenvalue weighted by molar-refractivity contribution is 5.98. The number of anilines is 2. The number of hydrogen-bond acceptors (Lipinski definition) is 5. The summed E-state index contributed by atoms with van der Waals surface area (Å²) >= 11 is 0. The van der Waals surface area contributed by atoms with Crippen molar-refractivity contribution in [3.63, 3.8) is 0 Å². The third-order valence-corrected chi connectivity index (χ3v) is 2.95. The molecule has 6 nitrogen and oxygen atoms in total. The molecule has 0 atom stereocenters. The van der Waals surface area contributed by atoms with Gasteiger partial charge < -0.3 is 20.5 Å². The number of carbonyl (C=O) groups is 2. The molecule has 120 valence electrons. The van der Waals surface area contributed by atoms with Gasteiger partial charge in [-0.05, 0) is 30.3 Å². The van der Waals surface area contributed by atoms with Crippen molar-refractivity contribution in [1.29, 1.82) is 0 Å². The van der Waals surface area contributed by atoms with Crippen LogP contribution in [0.1, 0.15) is 10.4 Å². The van der Waals surface area contributed by atoms with Crippen LogP contribution in [0.3, 0.4) is 0 Å². The number of nitrogens with two attached hydrogens (primary N) is 1. The standard InChI is InChI=1S/C16H15FN2O4/c1-22-14-5-3-2-4-13(14)19-15(20)9-23-16(21)11-7-6-10(17)8-12(11)18/h2-8H,9,18H2,1H3,(H,19,20). The number of hydrogen-bond donors (Lipinski definition) is 2. The molecule has 0 unspecified atom stereocenters. The van der Waals surface area contributed by atoms with Crippen molar-refractivity contribution >= 4 is 23.3 Å². The van der Waals surface area contributed by atoms with Crippen LogP contribution in [0.15, 0.2) is 42.5 Å². The molecule has 0 aliphatic carbocycles. The molecule has 0 aliphatic rings. The summed E-state index contributed by atoms with van der Waals surface area (Å²) in [4.78, 5) is 23.6. The number of benzene rings is 2. The van der Waals surface area contributed by atoms with Crippen molar-refractivity contribution in [2.45, 2.75) is 0 Å². The molecule has 2 aromatic carbocycles. The van der Waals surface area contributed by atoms with Gasteiger partial charge >= 0.3 is 5.97 Å². The Bertz CT molecular complexity index is 734. The average molecular weight is 318 g/mol. The lowest BCUT2D eigenvalue weighted by Gasteiger charge is -2.10. The Hall–Kier alpha value is -3.09. The minimum Gasteiger partial charge on any atom is -0.495 e. The van der Waals surface area contributed by atoms with Crippen molar-refractivity contribution in [3.05, 3.63) is 53.8 Å². The normalized spacial score (nSPS) is 10.0. The summed E-state index contributed by atoms with van der Waals surface area (Å²) in [6.45, 7) is -0.506. The predicted molar refractivity (Wildman–Crippen MR) is 82.7 cm³/mol. The fourth-order valence-corrected chi connectivity index (χ4v) is 1.86. The van der Waals surface area contributed by atoms with Crippen LogP contribution in [-0.4, -0.2) is 25.6 Å². The van der Waals surface area contributed by atoms with Crippen LogP contribution < -0.4 is 15.8 Å². The summed E-state index contributed by atoms with van der Waals surface area (Å²) < 4.78 is 22.9. The molecule has 2 aromatic rings. The lowest BCUT2D eigenvalue weighted by molar-refractivity contribution is -0.119. The molecule has 0 bridgehead atoms. The van der Waals surface area contributed by atoms with E-state index in [1.165, 1.54) is 13.2 Å². The first-order valence-corrected chi connectivity index (χ1v) is 6.66. The third kappa shape index (κ3) is 4.19. The number of para-hydroxylation sites is 2. The minimum absolute atomic E-state index is 0.00325. The number of carbonyl (C=O) groups excluding carboxylic acids is 2. The molecule has 0 aromatic heterocycles. The van der Waals surface area contributed by atoms with Gasteiger partial charge in [0, 0.05) is 5.69 Å². The van der Waals surface area contributed by atoms with E-state index in [9.17, 15) is 14.0 Å². The van der Waals surface area contributed by atoms with E-state index in [4.69, 9.17) is 15.2 Å². The lowest BCUT2D eigenvalue weighted by atomic mass is 10.2. The SMILES string of the molecule is COc1ccccc1NC(=O)COC(=O)c1ccc(F)cc1N. The number of halogens is 1. The van der Waals surface area contributed by atoms with Gasteiger partial charge in [0.05, 0.1) is 18.4 Å². The Labute approximate surface area is 132 Å². The largest absolute Gasteiger partial charge is 0.495 e. The van der Waals surface area contributed by atoms with Gasteiger partial charge in [0.25, 0.3) is 5.91 Å². The van der Waals surface area contributed by atoms with E-state index in [-0.39, 0.29) is 11.3 Å². The first kappa shape index (κ1) is 16.3. The maximum Gasteiger partial charge on any atom is 0.340 e. The Balaban J connectivity index is 1.95. The van der Waals surface area contributed by atoms with E-state index in [1.807, 2.05) is 0 Å². The molecular weight excluding hydrogens is 303 g/mol. The molecule has 0 aliphatic heterocycles. The maximum absolute atomic E-state index is 12.9. The highest BCUT2D eigenvalue weighted by atomic mass is 19.1. The molecule has 7 heteroatoms. The highest BCUT2D eigenvalue weighted by Crippen LogP contribution is 2.22. The van der Waals surface area contributed by atoms with Crippen LogP contribution in [0.4, 0.5) is 15.8 Å². The van der Waals surface area contributed by atoms with Crippen molar-refractivity contribution < 1.29 is 23.5 Å². The van der Waals surface area contributed by atoms with Crippen LogP contribution in [0.5, 0.6) is 5.75 Å². The topological polar surface area (TPSA) is 90.6 Å². The number of methoxy groups -OCH3 is 1. The second-order valence-electron chi connectivity index (χ2n) is 4.56. The smallest absolute Gasteiger partial charge is 0.340 e. The van der Waals surface area contributed by atoms with Crippen LogP contribution in [0.25, 0.3) is 0 Å². The minimum atomic E-state index is -0.808. The van der Waals surface area contributed by atoms with Crippen molar-refractivity contribution in [1.82, 2.24) is 0 Å².